The Hall–Kier alpha value is -0.100. The van der Waals surface area contributed by atoms with Crippen molar-refractivity contribution in [2.24, 2.45) is 0 Å². The van der Waals surface area contributed by atoms with Crippen LogP contribution in [0.15, 0.2) is 18.2 Å². The molecule has 1 N–H and O–H groups in total. The Morgan fingerprint density at radius 1 is 1.57 bits per heavy atom. The van der Waals surface area contributed by atoms with E-state index in [-0.39, 0.29) is 10.7 Å². The molecular weight excluding hydrogens is 357 g/mol. The van der Waals surface area contributed by atoms with Gasteiger partial charge in [-0.15, -0.1) is 0 Å². The molecule has 76 valence electrons. The SMILES string of the molecule is Cc1ccc(NC(=O)C(C)Br)cc1I. The minimum atomic E-state index is -0.165. The first kappa shape index (κ1) is 12.0. The van der Waals surface area contributed by atoms with E-state index in [4.69, 9.17) is 0 Å². The monoisotopic (exact) mass is 367 g/mol. The highest BCUT2D eigenvalue weighted by Crippen LogP contribution is 2.17. The van der Waals surface area contributed by atoms with E-state index < -0.39 is 0 Å². The van der Waals surface area contributed by atoms with Crippen LogP contribution in [0.3, 0.4) is 0 Å². The van der Waals surface area contributed by atoms with Crippen LogP contribution in [0.25, 0.3) is 0 Å². The van der Waals surface area contributed by atoms with Crippen molar-refractivity contribution in [3.05, 3.63) is 27.3 Å². The Balaban J connectivity index is 2.78. The van der Waals surface area contributed by atoms with E-state index in [1.54, 1.807) is 6.92 Å². The molecule has 0 fully saturated rings. The molecule has 0 heterocycles. The van der Waals surface area contributed by atoms with Gasteiger partial charge in [-0.2, -0.15) is 0 Å². The molecule has 2 nitrogen and oxygen atoms in total. The number of amides is 1. The third-order valence-electron chi connectivity index (χ3n) is 1.80. The molecule has 1 atom stereocenters. The predicted octanol–water partition coefficient (Wildman–Crippen LogP) is 3.32. The lowest BCUT2D eigenvalue weighted by Crippen LogP contribution is -2.19. The van der Waals surface area contributed by atoms with Crippen molar-refractivity contribution in [3.8, 4) is 0 Å². The van der Waals surface area contributed by atoms with Crippen LogP contribution in [0.4, 0.5) is 5.69 Å². The zero-order valence-electron chi connectivity index (χ0n) is 7.97. The van der Waals surface area contributed by atoms with Gasteiger partial charge >= 0.3 is 0 Å². The summed E-state index contributed by atoms with van der Waals surface area (Å²) in [6.07, 6.45) is 0. The number of nitrogens with one attached hydrogen (secondary N) is 1. The van der Waals surface area contributed by atoms with Crippen molar-refractivity contribution < 1.29 is 4.79 Å². The van der Waals surface area contributed by atoms with Gasteiger partial charge in [0.1, 0.15) is 0 Å². The molecule has 4 heteroatoms. The maximum Gasteiger partial charge on any atom is 0.237 e. The van der Waals surface area contributed by atoms with Gasteiger partial charge < -0.3 is 5.32 Å². The fourth-order valence-corrected chi connectivity index (χ4v) is 1.54. The highest BCUT2D eigenvalue weighted by molar-refractivity contribution is 14.1. The molecule has 0 aliphatic carbocycles. The summed E-state index contributed by atoms with van der Waals surface area (Å²) < 4.78 is 1.16. The molecule has 1 aromatic carbocycles. The summed E-state index contributed by atoms with van der Waals surface area (Å²) in [5, 5.41) is 2.82. The number of benzene rings is 1. The fourth-order valence-electron chi connectivity index (χ4n) is 0.912. The van der Waals surface area contributed by atoms with Crippen LogP contribution in [0, 0.1) is 10.5 Å². The predicted molar refractivity (Wildman–Crippen MR) is 70.9 cm³/mol. The highest BCUT2D eigenvalue weighted by Gasteiger charge is 2.08. The average molecular weight is 368 g/mol. The second kappa shape index (κ2) is 5.11. The number of alkyl halides is 1. The molecule has 0 aromatic heterocycles. The number of halogens is 2. The summed E-state index contributed by atoms with van der Waals surface area (Å²) in [5.41, 5.74) is 2.06. The summed E-state index contributed by atoms with van der Waals surface area (Å²) in [7, 11) is 0. The van der Waals surface area contributed by atoms with E-state index in [2.05, 4.69) is 43.8 Å². The van der Waals surface area contributed by atoms with Crippen LogP contribution in [0.5, 0.6) is 0 Å². The molecule has 1 aromatic rings. The number of hydrogen-bond donors (Lipinski definition) is 1. The number of carbonyl (C=O) groups is 1. The molecule has 14 heavy (non-hydrogen) atoms. The molecular formula is C10H11BrINO. The molecule has 0 aliphatic heterocycles. The van der Waals surface area contributed by atoms with Gasteiger partial charge in [0.25, 0.3) is 0 Å². The normalized spacial score (nSPS) is 12.3. The molecule has 0 saturated heterocycles. The van der Waals surface area contributed by atoms with Crippen molar-refractivity contribution in [3.63, 3.8) is 0 Å². The number of aryl methyl sites for hydroxylation is 1. The standard InChI is InChI=1S/C10H11BrINO/c1-6-3-4-8(5-9(6)12)13-10(14)7(2)11/h3-5,7H,1-2H3,(H,13,14). The molecule has 0 spiro atoms. The van der Waals surface area contributed by atoms with E-state index in [1.807, 2.05) is 25.1 Å². The lowest BCUT2D eigenvalue weighted by atomic mass is 10.2. The van der Waals surface area contributed by atoms with Gasteiger partial charge in [0.2, 0.25) is 5.91 Å². The van der Waals surface area contributed by atoms with Gasteiger partial charge in [0, 0.05) is 9.26 Å². The van der Waals surface area contributed by atoms with Crippen LogP contribution >= 0.6 is 38.5 Å². The maximum absolute atomic E-state index is 11.3. The molecule has 0 radical (unpaired) electrons. The van der Waals surface area contributed by atoms with Gasteiger partial charge in [-0.1, -0.05) is 22.0 Å². The zero-order chi connectivity index (χ0) is 10.7. The first-order chi connectivity index (χ1) is 6.50. The highest BCUT2D eigenvalue weighted by atomic mass is 127. The van der Waals surface area contributed by atoms with Crippen LogP contribution in [-0.4, -0.2) is 10.7 Å². The van der Waals surface area contributed by atoms with Crippen molar-refractivity contribution in [1.82, 2.24) is 0 Å². The zero-order valence-corrected chi connectivity index (χ0v) is 11.7. The first-order valence-electron chi connectivity index (χ1n) is 4.22. The van der Waals surface area contributed by atoms with Gasteiger partial charge in [-0.05, 0) is 54.1 Å². The van der Waals surface area contributed by atoms with Crippen LogP contribution in [-0.2, 0) is 4.79 Å². The Morgan fingerprint density at radius 3 is 2.71 bits per heavy atom. The van der Waals surface area contributed by atoms with E-state index in [0.717, 1.165) is 9.26 Å². The molecule has 0 aliphatic rings. The Bertz CT molecular complexity index is 352. The smallest absolute Gasteiger partial charge is 0.237 e. The molecule has 1 rings (SSSR count). The van der Waals surface area contributed by atoms with E-state index >= 15 is 0 Å². The van der Waals surface area contributed by atoms with Crippen molar-refractivity contribution in [2.45, 2.75) is 18.7 Å². The minimum Gasteiger partial charge on any atom is -0.325 e. The Morgan fingerprint density at radius 2 is 2.21 bits per heavy atom. The van der Waals surface area contributed by atoms with Gasteiger partial charge in [0.05, 0.1) is 4.83 Å². The molecule has 1 unspecified atom stereocenters. The van der Waals surface area contributed by atoms with Gasteiger partial charge in [0.15, 0.2) is 0 Å². The molecule has 0 saturated carbocycles. The molecule has 0 bridgehead atoms. The number of hydrogen-bond acceptors (Lipinski definition) is 1. The summed E-state index contributed by atoms with van der Waals surface area (Å²) in [6, 6.07) is 5.87. The van der Waals surface area contributed by atoms with Gasteiger partial charge in [-0.25, -0.2) is 0 Å². The maximum atomic E-state index is 11.3. The van der Waals surface area contributed by atoms with E-state index in [0.29, 0.717) is 0 Å². The second-order valence-corrected chi connectivity index (χ2v) is 5.60. The van der Waals surface area contributed by atoms with Crippen molar-refractivity contribution >= 4 is 50.1 Å². The van der Waals surface area contributed by atoms with E-state index in [1.165, 1.54) is 5.56 Å². The summed E-state index contributed by atoms with van der Waals surface area (Å²) in [6.45, 7) is 3.84. The third kappa shape index (κ3) is 3.24. The number of anilines is 1. The lowest BCUT2D eigenvalue weighted by Gasteiger charge is -2.07. The quantitative estimate of drug-likeness (QED) is 0.630. The Kier molecular flexibility index (Phi) is 4.37. The van der Waals surface area contributed by atoms with Crippen molar-refractivity contribution in [2.75, 3.05) is 5.32 Å². The van der Waals surface area contributed by atoms with Crippen molar-refractivity contribution in [1.29, 1.82) is 0 Å². The molecule has 1 amide bonds. The fraction of sp³-hybridized carbons (Fsp3) is 0.300. The van der Waals surface area contributed by atoms with Gasteiger partial charge in [-0.3, -0.25) is 4.79 Å². The summed E-state index contributed by atoms with van der Waals surface area (Å²) in [4.78, 5) is 11.2. The number of carbonyl (C=O) groups excluding carboxylic acids is 1. The first-order valence-corrected chi connectivity index (χ1v) is 6.21. The average Bonchev–Trinajstić information content (AvgIpc) is 2.11. The second-order valence-electron chi connectivity index (χ2n) is 3.07. The van der Waals surface area contributed by atoms with Crippen LogP contribution in [0.2, 0.25) is 0 Å². The van der Waals surface area contributed by atoms with E-state index in [9.17, 15) is 4.79 Å². The topological polar surface area (TPSA) is 29.1 Å². The lowest BCUT2D eigenvalue weighted by molar-refractivity contribution is -0.115. The number of rotatable bonds is 2. The summed E-state index contributed by atoms with van der Waals surface area (Å²) >= 11 is 5.47. The minimum absolute atomic E-state index is 0.0235. The Labute approximate surface area is 106 Å². The third-order valence-corrected chi connectivity index (χ3v) is 3.38. The van der Waals surface area contributed by atoms with Crippen LogP contribution in [0.1, 0.15) is 12.5 Å². The summed E-state index contributed by atoms with van der Waals surface area (Å²) in [5.74, 6) is -0.0235. The van der Waals surface area contributed by atoms with Crippen LogP contribution < -0.4 is 5.32 Å². The largest absolute Gasteiger partial charge is 0.325 e.